The number of likely N-dealkylation sites (N-methyl/N-ethyl adjacent to an activating group) is 1. The van der Waals surface area contributed by atoms with E-state index in [4.69, 9.17) is 10.00 Å². The van der Waals surface area contributed by atoms with Gasteiger partial charge in [0, 0.05) is 52.7 Å². The summed E-state index contributed by atoms with van der Waals surface area (Å²) in [5.41, 5.74) is 2.77. The highest BCUT2D eigenvalue weighted by atomic mass is 28.3. The van der Waals surface area contributed by atoms with Crippen LogP contribution in [0.25, 0.3) is 11.0 Å². The molecule has 1 aliphatic heterocycles. The molecule has 168 valence electrons. The van der Waals surface area contributed by atoms with Gasteiger partial charge in [-0.25, -0.2) is 9.97 Å². The van der Waals surface area contributed by atoms with E-state index in [0.717, 1.165) is 54.7 Å². The predicted molar refractivity (Wildman–Crippen MR) is 132 cm³/mol. The monoisotopic (exact) mass is 448 g/mol. The molecule has 0 bridgehead atoms. The van der Waals surface area contributed by atoms with Gasteiger partial charge in [-0.3, -0.25) is 0 Å². The van der Waals surface area contributed by atoms with Crippen molar-refractivity contribution in [1.82, 2.24) is 14.5 Å². The van der Waals surface area contributed by atoms with Crippen LogP contribution in [0.4, 0.5) is 11.5 Å². The number of ether oxygens (including phenoxy) is 1. The average Bonchev–Trinajstić information content (AvgIpc) is 3.43. The van der Waals surface area contributed by atoms with Gasteiger partial charge in [-0.1, -0.05) is 19.6 Å². The van der Waals surface area contributed by atoms with E-state index < -0.39 is 8.07 Å². The van der Waals surface area contributed by atoms with Gasteiger partial charge in [0.2, 0.25) is 0 Å². The molecule has 3 heterocycles. The molecule has 1 atom stereocenters. The molecule has 2 aromatic heterocycles. The second-order valence-corrected chi connectivity index (χ2v) is 15.3. The van der Waals surface area contributed by atoms with Crippen molar-refractivity contribution >= 4 is 30.6 Å². The number of hydrogen-bond donors (Lipinski definition) is 0. The van der Waals surface area contributed by atoms with Crippen LogP contribution >= 0.6 is 0 Å². The van der Waals surface area contributed by atoms with Crippen molar-refractivity contribution in [2.75, 3.05) is 36.5 Å². The second kappa shape index (κ2) is 9.31. The largest absolute Gasteiger partial charge is 0.369 e. The number of hydrogen-bond acceptors (Lipinski definition) is 6. The molecule has 8 heteroatoms. The van der Waals surface area contributed by atoms with Crippen LogP contribution < -0.4 is 9.80 Å². The molecule has 1 aromatic carbocycles. The fraction of sp³-hybridized carbons (Fsp3) is 0.458. The number of nitriles is 1. The SMILES string of the molecule is CN(c1ncnc2c1ccn2COCC[Si](C)(C)C)C1CCN(c2ccc(C#N)cc2)C1. The van der Waals surface area contributed by atoms with E-state index in [1.54, 1.807) is 6.33 Å². The molecular formula is C24H32N6OSi. The van der Waals surface area contributed by atoms with Crippen LogP contribution in [-0.4, -0.2) is 55.4 Å². The number of fused-ring (bicyclic) bond motifs is 1. The summed E-state index contributed by atoms with van der Waals surface area (Å²) in [6.07, 6.45) is 4.76. The maximum absolute atomic E-state index is 9.03. The summed E-state index contributed by atoms with van der Waals surface area (Å²) in [6.45, 7) is 10.3. The minimum Gasteiger partial charge on any atom is -0.369 e. The molecule has 4 rings (SSSR count). The number of benzene rings is 1. The summed E-state index contributed by atoms with van der Waals surface area (Å²) in [5.74, 6) is 0.961. The van der Waals surface area contributed by atoms with Gasteiger partial charge in [-0.15, -0.1) is 0 Å². The van der Waals surface area contributed by atoms with Crippen LogP contribution in [0.5, 0.6) is 0 Å². The van der Waals surface area contributed by atoms with E-state index in [9.17, 15) is 0 Å². The lowest BCUT2D eigenvalue weighted by Crippen LogP contribution is -2.35. The summed E-state index contributed by atoms with van der Waals surface area (Å²) >= 11 is 0. The first-order chi connectivity index (χ1) is 15.4. The molecule has 3 aromatic rings. The van der Waals surface area contributed by atoms with Crippen LogP contribution in [0.1, 0.15) is 12.0 Å². The lowest BCUT2D eigenvalue weighted by molar-refractivity contribution is 0.0899. The molecule has 0 saturated carbocycles. The summed E-state index contributed by atoms with van der Waals surface area (Å²) < 4.78 is 8.00. The van der Waals surface area contributed by atoms with E-state index in [1.165, 1.54) is 0 Å². The number of aromatic nitrogens is 3. The topological polar surface area (TPSA) is 70.2 Å². The quantitative estimate of drug-likeness (QED) is 0.377. The van der Waals surface area contributed by atoms with Crippen LogP contribution in [0.2, 0.25) is 25.7 Å². The Labute approximate surface area is 191 Å². The van der Waals surface area contributed by atoms with Gasteiger partial charge in [0.15, 0.2) is 0 Å². The Morgan fingerprint density at radius 1 is 1.19 bits per heavy atom. The van der Waals surface area contributed by atoms with E-state index in [-0.39, 0.29) is 0 Å². The van der Waals surface area contributed by atoms with Crippen molar-refractivity contribution in [3.8, 4) is 6.07 Å². The lowest BCUT2D eigenvalue weighted by atomic mass is 10.2. The molecule has 1 aliphatic rings. The number of nitrogens with zero attached hydrogens (tertiary/aromatic N) is 6. The van der Waals surface area contributed by atoms with Gasteiger partial charge in [0.25, 0.3) is 0 Å². The smallest absolute Gasteiger partial charge is 0.147 e. The molecule has 0 aliphatic carbocycles. The molecule has 0 spiro atoms. The van der Waals surface area contributed by atoms with Gasteiger partial charge in [0.05, 0.1) is 17.0 Å². The van der Waals surface area contributed by atoms with E-state index >= 15 is 0 Å². The van der Waals surface area contributed by atoms with Gasteiger partial charge in [-0.05, 0) is 42.8 Å². The fourth-order valence-electron chi connectivity index (χ4n) is 4.13. The van der Waals surface area contributed by atoms with Crippen molar-refractivity contribution in [2.45, 2.75) is 44.9 Å². The lowest BCUT2D eigenvalue weighted by Gasteiger charge is -2.27. The Morgan fingerprint density at radius 2 is 1.97 bits per heavy atom. The third kappa shape index (κ3) is 4.95. The fourth-order valence-corrected chi connectivity index (χ4v) is 4.89. The van der Waals surface area contributed by atoms with Crippen LogP contribution in [-0.2, 0) is 11.5 Å². The van der Waals surface area contributed by atoms with Gasteiger partial charge < -0.3 is 19.1 Å². The van der Waals surface area contributed by atoms with Crippen molar-refractivity contribution in [2.24, 2.45) is 0 Å². The first-order valence-corrected chi connectivity index (χ1v) is 14.9. The molecule has 0 amide bonds. The molecule has 1 saturated heterocycles. The maximum atomic E-state index is 9.03. The zero-order chi connectivity index (χ0) is 22.7. The zero-order valence-corrected chi connectivity index (χ0v) is 20.5. The molecular weight excluding hydrogens is 416 g/mol. The molecule has 32 heavy (non-hydrogen) atoms. The highest BCUT2D eigenvalue weighted by Gasteiger charge is 2.28. The maximum Gasteiger partial charge on any atom is 0.147 e. The average molecular weight is 449 g/mol. The van der Waals surface area contributed by atoms with Crippen LogP contribution in [0.15, 0.2) is 42.9 Å². The Bertz CT molecular complexity index is 1100. The van der Waals surface area contributed by atoms with Gasteiger partial charge in [-0.2, -0.15) is 5.26 Å². The van der Waals surface area contributed by atoms with Gasteiger partial charge in [0.1, 0.15) is 24.5 Å². The summed E-state index contributed by atoms with van der Waals surface area (Å²) in [7, 11) is 1.03. The standard InChI is InChI=1S/C24H32N6OSi/c1-28(21-9-11-29(16-21)20-7-5-19(15-25)6-8-20)23-22-10-12-30(24(22)27-17-26-23)18-31-13-14-32(2,3)4/h5-8,10,12,17,21H,9,11,13-14,16,18H2,1-4H3. The number of rotatable bonds is 8. The van der Waals surface area contributed by atoms with Crippen molar-refractivity contribution in [3.05, 3.63) is 48.4 Å². The molecule has 1 unspecified atom stereocenters. The van der Waals surface area contributed by atoms with Crippen molar-refractivity contribution < 1.29 is 4.74 Å². The molecule has 0 N–H and O–H groups in total. The number of anilines is 2. The van der Waals surface area contributed by atoms with Gasteiger partial charge >= 0.3 is 0 Å². The molecule has 7 nitrogen and oxygen atoms in total. The Morgan fingerprint density at radius 3 is 2.69 bits per heavy atom. The molecule has 0 radical (unpaired) electrons. The highest BCUT2D eigenvalue weighted by molar-refractivity contribution is 6.76. The summed E-state index contributed by atoms with van der Waals surface area (Å²) in [4.78, 5) is 13.8. The van der Waals surface area contributed by atoms with E-state index in [1.807, 2.05) is 30.5 Å². The van der Waals surface area contributed by atoms with Crippen LogP contribution in [0.3, 0.4) is 0 Å². The normalized spacial score (nSPS) is 16.5. The predicted octanol–water partition coefficient (Wildman–Crippen LogP) is 4.33. The third-order valence-electron chi connectivity index (χ3n) is 6.17. The first-order valence-electron chi connectivity index (χ1n) is 11.2. The van der Waals surface area contributed by atoms with E-state index in [0.29, 0.717) is 18.3 Å². The second-order valence-electron chi connectivity index (χ2n) is 9.73. The Balaban J connectivity index is 1.44. The molecule has 1 fully saturated rings. The summed E-state index contributed by atoms with van der Waals surface area (Å²) in [5, 5.41) is 10.1. The van der Waals surface area contributed by atoms with Crippen LogP contribution in [0, 0.1) is 11.3 Å². The minimum atomic E-state index is -1.09. The Kier molecular flexibility index (Phi) is 6.49. The summed E-state index contributed by atoms with van der Waals surface area (Å²) in [6, 6.07) is 13.6. The first kappa shape index (κ1) is 22.3. The van der Waals surface area contributed by atoms with Crippen molar-refractivity contribution in [3.63, 3.8) is 0 Å². The zero-order valence-electron chi connectivity index (χ0n) is 19.5. The highest BCUT2D eigenvalue weighted by Crippen LogP contribution is 2.29. The van der Waals surface area contributed by atoms with E-state index in [2.05, 4.69) is 63.2 Å². The van der Waals surface area contributed by atoms with Crippen molar-refractivity contribution in [1.29, 1.82) is 5.26 Å². The minimum absolute atomic E-state index is 0.361. The third-order valence-corrected chi connectivity index (χ3v) is 7.87. The Hall–Kier alpha value is -2.89.